The van der Waals surface area contributed by atoms with E-state index >= 15 is 0 Å². The van der Waals surface area contributed by atoms with Crippen molar-refractivity contribution in [1.82, 2.24) is 0 Å². The summed E-state index contributed by atoms with van der Waals surface area (Å²) in [6.07, 6.45) is 1.18. The summed E-state index contributed by atoms with van der Waals surface area (Å²) in [5, 5.41) is 0. The molecule has 0 aliphatic heterocycles. The summed E-state index contributed by atoms with van der Waals surface area (Å²) in [4.78, 5) is 0. The number of allylic oxidation sites excluding steroid dienone is 2. The summed E-state index contributed by atoms with van der Waals surface area (Å²) in [6.45, 7) is 7.91. The van der Waals surface area contributed by atoms with E-state index in [-0.39, 0.29) is 0 Å². The standard InChI is InChI=1S/C20H23OP/c1-17(2)18(3)14-22(21,15-19-10-6-4-7-11-19)16-20-12-8-5-9-13-20/h4-14H,1,15-16H2,2-3H3. The van der Waals surface area contributed by atoms with Gasteiger partial charge in [-0.1, -0.05) is 72.8 Å². The van der Waals surface area contributed by atoms with Crippen LogP contribution in [0.2, 0.25) is 0 Å². The van der Waals surface area contributed by atoms with Crippen molar-refractivity contribution in [2.24, 2.45) is 0 Å². The van der Waals surface area contributed by atoms with E-state index in [0.29, 0.717) is 12.3 Å². The van der Waals surface area contributed by atoms with E-state index in [1.54, 1.807) is 0 Å². The van der Waals surface area contributed by atoms with Gasteiger partial charge >= 0.3 is 0 Å². The lowest BCUT2D eigenvalue weighted by atomic mass is 10.2. The van der Waals surface area contributed by atoms with E-state index in [9.17, 15) is 4.57 Å². The molecule has 0 radical (unpaired) electrons. The van der Waals surface area contributed by atoms with Crippen LogP contribution in [0.15, 0.2) is 84.2 Å². The lowest BCUT2D eigenvalue weighted by molar-refractivity contribution is 0.579. The third kappa shape index (κ3) is 4.86. The summed E-state index contributed by atoms with van der Waals surface area (Å²) in [5.74, 6) is 1.95. The Morgan fingerprint density at radius 3 is 1.68 bits per heavy atom. The van der Waals surface area contributed by atoms with Crippen molar-refractivity contribution in [3.8, 4) is 0 Å². The van der Waals surface area contributed by atoms with Gasteiger partial charge in [-0.25, -0.2) is 0 Å². The number of rotatable bonds is 6. The normalized spacial score (nSPS) is 12.2. The Kier molecular flexibility index (Phi) is 5.57. The molecule has 0 aromatic heterocycles. The van der Waals surface area contributed by atoms with Crippen LogP contribution in [0.4, 0.5) is 0 Å². The average Bonchev–Trinajstić information content (AvgIpc) is 2.48. The van der Waals surface area contributed by atoms with E-state index in [4.69, 9.17) is 0 Å². The Bertz CT molecular complexity index is 654. The highest BCUT2D eigenvalue weighted by molar-refractivity contribution is 7.65. The van der Waals surface area contributed by atoms with E-state index in [2.05, 4.69) is 6.58 Å². The zero-order chi connectivity index (χ0) is 16.0. The minimum absolute atomic E-state index is 0.591. The summed E-state index contributed by atoms with van der Waals surface area (Å²) < 4.78 is 13.5. The molecule has 0 saturated carbocycles. The Balaban J connectivity index is 2.34. The third-order valence-corrected chi connectivity index (χ3v) is 6.35. The quantitative estimate of drug-likeness (QED) is 0.456. The average molecular weight is 310 g/mol. The molecule has 0 bridgehead atoms. The molecule has 2 aromatic rings. The van der Waals surface area contributed by atoms with Crippen molar-refractivity contribution in [3.05, 3.63) is 95.3 Å². The molecular formula is C20H23OP. The minimum Gasteiger partial charge on any atom is -0.319 e. The summed E-state index contributed by atoms with van der Waals surface area (Å²) in [7, 11) is -2.50. The molecule has 0 fully saturated rings. The second-order valence-corrected chi connectivity index (χ2v) is 8.63. The van der Waals surface area contributed by atoms with Gasteiger partial charge in [-0.3, -0.25) is 0 Å². The van der Waals surface area contributed by atoms with Gasteiger partial charge in [0, 0.05) is 12.3 Å². The molecule has 0 atom stereocenters. The molecule has 2 heteroatoms. The molecule has 2 aromatic carbocycles. The number of hydrogen-bond donors (Lipinski definition) is 0. The van der Waals surface area contributed by atoms with Gasteiger partial charge in [0.1, 0.15) is 7.14 Å². The highest BCUT2D eigenvalue weighted by Crippen LogP contribution is 2.54. The lowest BCUT2D eigenvalue weighted by Gasteiger charge is -2.16. The predicted octanol–water partition coefficient (Wildman–Crippen LogP) is 6.23. The van der Waals surface area contributed by atoms with Crippen LogP contribution in [0, 0.1) is 0 Å². The molecule has 0 N–H and O–H groups in total. The van der Waals surface area contributed by atoms with Crippen molar-refractivity contribution >= 4 is 7.14 Å². The van der Waals surface area contributed by atoms with Gasteiger partial charge in [-0.15, -0.1) is 0 Å². The van der Waals surface area contributed by atoms with E-state index in [1.807, 2.05) is 80.3 Å². The van der Waals surface area contributed by atoms with Gasteiger partial charge in [0.15, 0.2) is 0 Å². The van der Waals surface area contributed by atoms with Crippen molar-refractivity contribution in [3.63, 3.8) is 0 Å². The second kappa shape index (κ2) is 7.42. The fraction of sp³-hybridized carbons (Fsp3) is 0.200. The van der Waals surface area contributed by atoms with Crippen LogP contribution in [0.1, 0.15) is 25.0 Å². The Morgan fingerprint density at radius 2 is 1.32 bits per heavy atom. The number of hydrogen-bond acceptors (Lipinski definition) is 1. The fourth-order valence-corrected chi connectivity index (χ4v) is 5.27. The first-order valence-corrected chi connectivity index (χ1v) is 9.64. The van der Waals surface area contributed by atoms with Gasteiger partial charge in [-0.2, -0.15) is 0 Å². The monoisotopic (exact) mass is 310 g/mol. The molecule has 0 spiro atoms. The lowest BCUT2D eigenvalue weighted by Crippen LogP contribution is -1.93. The van der Waals surface area contributed by atoms with Crippen molar-refractivity contribution in [2.45, 2.75) is 26.2 Å². The molecule has 2 rings (SSSR count). The summed E-state index contributed by atoms with van der Waals surface area (Å²) in [5.41, 5.74) is 4.23. The molecule has 0 aliphatic rings. The van der Waals surface area contributed by atoms with Crippen LogP contribution in [0.25, 0.3) is 0 Å². The SMILES string of the molecule is C=C(C)C(C)=CP(=O)(Cc1ccccc1)Cc1ccccc1. The Morgan fingerprint density at radius 1 is 0.909 bits per heavy atom. The maximum Gasteiger partial charge on any atom is 0.117 e. The molecule has 22 heavy (non-hydrogen) atoms. The molecule has 0 saturated heterocycles. The third-order valence-electron chi connectivity index (χ3n) is 3.69. The molecule has 0 unspecified atom stereocenters. The van der Waals surface area contributed by atoms with Crippen molar-refractivity contribution in [2.75, 3.05) is 0 Å². The predicted molar refractivity (Wildman–Crippen MR) is 96.5 cm³/mol. The smallest absolute Gasteiger partial charge is 0.117 e. The maximum absolute atomic E-state index is 13.5. The first kappa shape index (κ1) is 16.5. The largest absolute Gasteiger partial charge is 0.319 e. The van der Waals surface area contributed by atoms with Gasteiger partial charge in [0.25, 0.3) is 0 Å². The van der Waals surface area contributed by atoms with E-state index in [0.717, 1.165) is 22.3 Å². The van der Waals surface area contributed by atoms with Gasteiger partial charge in [0.2, 0.25) is 0 Å². The van der Waals surface area contributed by atoms with Crippen LogP contribution < -0.4 is 0 Å². The molecular weight excluding hydrogens is 287 g/mol. The number of benzene rings is 2. The Hall–Kier alpha value is -1.85. The molecule has 0 amide bonds. The second-order valence-electron chi connectivity index (χ2n) is 5.83. The highest BCUT2D eigenvalue weighted by atomic mass is 31.2. The molecule has 0 aliphatic carbocycles. The van der Waals surface area contributed by atoms with E-state index in [1.165, 1.54) is 0 Å². The summed E-state index contributed by atoms with van der Waals surface area (Å²) in [6, 6.07) is 20.1. The Labute approximate surface area is 133 Å². The topological polar surface area (TPSA) is 17.1 Å². The highest BCUT2D eigenvalue weighted by Gasteiger charge is 2.21. The maximum atomic E-state index is 13.5. The molecule has 0 heterocycles. The van der Waals surface area contributed by atoms with Gasteiger partial charge < -0.3 is 4.57 Å². The van der Waals surface area contributed by atoms with Crippen LogP contribution in [0.5, 0.6) is 0 Å². The van der Waals surface area contributed by atoms with E-state index < -0.39 is 7.14 Å². The van der Waals surface area contributed by atoms with Crippen LogP contribution in [0.3, 0.4) is 0 Å². The van der Waals surface area contributed by atoms with Crippen LogP contribution in [-0.2, 0) is 16.9 Å². The van der Waals surface area contributed by atoms with Crippen LogP contribution >= 0.6 is 7.14 Å². The van der Waals surface area contributed by atoms with Gasteiger partial charge in [-0.05, 0) is 36.4 Å². The first-order valence-electron chi connectivity index (χ1n) is 7.49. The fourth-order valence-electron chi connectivity index (χ4n) is 2.40. The zero-order valence-corrected chi connectivity index (χ0v) is 14.2. The van der Waals surface area contributed by atoms with Gasteiger partial charge in [0.05, 0.1) is 0 Å². The molecule has 114 valence electrons. The van der Waals surface area contributed by atoms with Crippen molar-refractivity contribution in [1.29, 1.82) is 0 Å². The van der Waals surface area contributed by atoms with Crippen LogP contribution in [-0.4, -0.2) is 0 Å². The first-order chi connectivity index (χ1) is 10.5. The zero-order valence-electron chi connectivity index (χ0n) is 13.3. The van der Waals surface area contributed by atoms with Crippen molar-refractivity contribution < 1.29 is 4.57 Å². The molecule has 1 nitrogen and oxygen atoms in total. The summed E-state index contributed by atoms with van der Waals surface area (Å²) >= 11 is 0. The minimum atomic E-state index is -2.50.